The van der Waals surface area contributed by atoms with Crippen LogP contribution in [0.4, 0.5) is 0 Å². The second-order valence-electron chi connectivity index (χ2n) is 5.51. The second-order valence-corrected chi connectivity index (χ2v) is 5.51. The molecule has 23 heavy (non-hydrogen) atoms. The van der Waals surface area contributed by atoms with E-state index >= 15 is 0 Å². The van der Waals surface area contributed by atoms with E-state index in [9.17, 15) is 9.90 Å². The van der Waals surface area contributed by atoms with Gasteiger partial charge in [-0.05, 0) is 30.2 Å². The predicted molar refractivity (Wildman–Crippen MR) is 88.2 cm³/mol. The average molecular weight is 308 g/mol. The van der Waals surface area contributed by atoms with E-state index < -0.39 is 5.97 Å². The minimum absolute atomic E-state index is 0.00227. The van der Waals surface area contributed by atoms with Crippen LogP contribution in [0.2, 0.25) is 0 Å². The molecule has 0 fully saturated rings. The molecule has 0 atom stereocenters. The minimum atomic E-state index is -1.01. The number of carbonyl (C=O) groups is 1. The molecular formula is C18H16N2O3. The first-order valence-corrected chi connectivity index (χ1v) is 7.31. The smallest absolute Gasteiger partial charge is 0.339 e. The van der Waals surface area contributed by atoms with Crippen LogP contribution in [0.15, 0.2) is 40.9 Å². The first-order chi connectivity index (χ1) is 11.0. The molecule has 2 heterocycles. The largest absolute Gasteiger partial charge is 0.478 e. The summed E-state index contributed by atoms with van der Waals surface area (Å²) < 4.78 is 5.69. The van der Waals surface area contributed by atoms with Gasteiger partial charge < -0.3 is 9.52 Å². The Hall–Kier alpha value is -2.95. The summed E-state index contributed by atoms with van der Waals surface area (Å²) in [6, 6.07) is 9.68. The highest BCUT2D eigenvalue weighted by Crippen LogP contribution is 2.21. The van der Waals surface area contributed by atoms with Crippen LogP contribution >= 0.6 is 0 Å². The number of hydrogen-bond acceptors (Lipinski definition) is 4. The number of para-hydroxylation sites is 1. The van der Waals surface area contributed by atoms with Crippen LogP contribution in [0, 0.1) is 0 Å². The van der Waals surface area contributed by atoms with Gasteiger partial charge >= 0.3 is 5.97 Å². The fourth-order valence-corrected chi connectivity index (χ4v) is 2.34. The molecule has 0 saturated heterocycles. The van der Waals surface area contributed by atoms with Gasteiger partial charge in [-0.3, -0.25) is 0 Å². The van der Waals surface area contributed by atoms with Crippen molar-refractivity contribution in [3.63, 3.8) is 0 Å². The predicted octanol–water partition coefficient (Wildman–Crippen LogP) is 4.21. The normalized spacial score (nSPS) is 11.6. The first kappa shape index (κ1) is 15.0. The van der Waals surface area contributed by atoms with Crippen LogP contribution in [-0.2, 0) is 0 Å². The minimum Gasteiger partial charge on any atom is -0.478 e. The Morgan fingerprint density at radius 1 is 1.26 bits per heavy atom. The molecule has 5 nitrogen and oxygen atoms in total. The fraction of sp³-hybridized carbons (Fsp3) is 0.167. The lowest BCUT2D eigenvalue weighted by Gasteiger charge is -2.08. The van der Waals surface area contributed by atoms with E-state index in [0.717, 1.165) is 11.0 Å². The third kappa shape index (κ3) is 3.13. The lowest BCUT2D eigenvalue weighted by atomic mass is 10.1. The number of carboxylic acids is 1. The van der Waals surface area contributed by atoms with E-state index in [-0.39, 0.29) is 11.5 Å². The van der Waals surface area contributed by atoms with Crippen molar-refractivity contribution in [1.82, 2.24) is 9.97 Å². The Kier molecular flexibility index (Phi) is 3.93. The van der Waals surface area contributed by atoms with Crippen molar-refractivity contribution in [3.05, 3.63) is 59.4 Å². The first-order valence-electron chi connectivity index (χ1n) is 7.31. The number of fused-ring (bicyclic) bond motifs is 1. The van der Waals surface area contributed by atoms with E-state index in [0.29, 0.717) is 17.3 Å². The third-order valence-corrected chi connectivity index (χ3v) is 3.46. The van der Waals surface area contributed by atoms with Gasteiger partial charge in [-0.15, -0.1) is 0 Å². The molecule has 1 aromatic carbocycles. The van der Waals surface area contributed by atoms with Gasteiger partial charge in [0.1, 0.15) is 11.3 Å². The van der Waals surface area contributed by atoms with Crippen LogP contribution < -0.4 is 0 Å². The number of hydrogen-bond donors (Lipinski definition) is 1. The molecule has 0 aliphatic carbocycles. The SMILES string of the molecule is CC(C)c1nc(C=Cc2cc3ccccc3o2)ncc1C(=O)O. The van der Waals surface area contributed by atoms with E-state index in [1.807, 2.05) is 44.2 Å². The number of furan rings is 1. The van der Waals surface area contributed by atoms with E-state index in [2.05, 4.69) is 9.97 Å². The Bertz CT molecular complexity index is 861. The molecule has 5 heteroatoms. The van der Waals surface area contributed by atoms with Gasteiger partial charge in [0.2, 0.25) is 0 Å². The molecule has 0 radical (unpaired) electrons. The Labute approximate surface area is 133 Å². The summed E-state index contributed by atoms with van der Waals surface area (Å²) in [4.78, 5) is 19.6. The topological polar surface area (TPSA) is 76.2 Å². The van der Waals surface area contributed by atoms with E-state index in [1.165, 1.54) is 6.20 Å². The standard InChI is InChI=1S/C18H16N2O3/c1-11(2)17-14(18(21)22)10-19-16(20-17)8-7-13-9-12-5-3-4-6-15(12)23-13/h3-11H,1-2H3,(H,21,22). The molecule has 0 aliphatic rings. The highest BCUT2D eigenvalue weighted by atomic mass is 16.4. The number of carboxylic acid groups (broad SMARTS) is 1. The Morgan fingerprint density at radius 2 is 2.04 bits per heavy atom. The van der Waals surface area contributed by atoms with Gasteiger partial charge in [0.25, 0.3) is 0 Å². The van der Waals surface area contributed by atoms with Gasteiger partial charge in [-0.2, -0.15) is 0 Å². The summed E-state index contributed by atoms with van der Waals surface area (Å²) in [5.41, 5.74) is 1.48. The maximum absolute atomic E-state index is 11.2. The maximum atomic E-state index is 11.2. The second kappa shape index (κ2) is 6.04. The molecule has 3 aromatic rings. The molecular weight excluding hydrogens is 292 g/mol. The Morgan fingerprint density at radius 3 is 2.74 bits per heavy atom. The molecule has 116 valence electrons. The number of nitrogens with zero attached hydrogens (tertiary/aromatic N) is 2. The zero-order valence-corrected chi connectivity index (χ0v) is 12.9. The molecule has 1 N–H and O–H groups in total. The Balaban J connectivity index is 1.92. The van der Waals surface area contributed by atoms with Crippen molar-refractivity contribution < 1.29 is 14.3 Å². The van der Waals surface area contributed by atoms with Gasteiger partial charge in [0.15, 0.2) is 5.82 Å². The summed E-state index contributed by atoms with van der Waals surface area (Å²) >= 11 is 0. The molecule has 0 aliphatic heterocycles. The van der Waals surface area contributed by atoms with Crippen molar-refractivity contribution in [2.24, 2.45) is 0 Å². The van der Waals surface area contributed by atoms with Crippen molar-refractivity contribution in [2.75, 3.05) is 0 Å². The number of benzene rings is 1. The fourth-order valence-electron chi connectivity index (χ4n) is 2.34. The van der Waals surface area contributed by atoms with Crippen LogP contribution in [0.1, 0.15) is 47.4 Å². The summed E-state index contributed by atoms with van der Waals surface area (Å²) in [5.74, 6) is 0.145. The molecule has 0 spiro atoms. The van der Waals surface area contributed by atoms with Crippen LogP contribution in [0.25, 0.3) is 23.1 Å². The molecule has 0 saturated carbocycles. The molecule has 0 bridgehead atoms. The zero-order valence-electron chi connectivity index (χ0n) is 12.9. The number of aromatic carboxylic acids is 1. The van der Waals surface area contributed by atoms with Crippen molar-refractivity contribution in [1.29, 1.82) is 0 Å². The van der Waals surface area contributed by atoms with Crippen molar-refractivity contribution >= 4 is 29.1 Å². The molecule has 3 rings (SSSR count). The quantitative estimate of drug-likeness (QED) is 0.781. The highest BCUT2D eigenvalue weighted by molar-refractivity contribution is 5.89. The maximum Gasteiger partial charge on any atom is 0.339 e. The monoisotopic (exact) mass is 308 g/mol. The number of rotatable bonds is 4. The summed E-state index contributed by atoms with van der Waals surface area (Å²) in [7, 11) is 0. The van der Waals surface area contributed by atoms with Gasteiger partial charge in [-0.1, -0.05) is 32.0 Å². The molecule has 0 amide bonds. The van der Waals surface area contributed by atoms with E-state index in [1.54, 1.807) is 12.2 Å². The van der Waals surface area contributed by atoms with E-state index in [4.69, 9.17) is 4.42 Å². The third-order valence-electron chi connectivity index (χ3n) is 3.46. The summed E-state index contributed by atoms with van der Waals surface area (Å²) in [6.45, 7) is 3.81. The molecule has 2 aromatic heterocycles. The highest BCUT2D eigenvalue weighted by Gasteiger charge is 2.15. The summed E-state index contributed by atoms with van der Waals surface area (Å²) in [6.07, 6.45) is 4.85. The van der Waals surface area contributed by atoms with Crippen LogP contribution in [0.3, 0.4) is 0 Å². The summed E-state index contributed by atoms with van der Waals surface area (Å²) in [5, 5.41) is 10.2. The van der Waals surface area contributed by atoms with Crippen molar-refractivity contribution in [2.45, 2.75) is 19.8 Å². The van der Waals surface area contributed by atoms with Crippen LogP contribution in [0.5, 0.6) is 0 Å². The lowest BCUT2D eigenvalue weighted by Crippen LogP contribution is -2.08. The van der Waals surface area contributed by atoms with Gasteiger partial charge in [0.05, 0.1) is 11.3 Å². The van der Waals surface area contributed by atoms with Gasteiger partial charge in [-0.25, -0.2) is 14.8 Å². The van der Waals surface area contributed by atoms with Crippen LogP contribution in [-0.4, -0.2) is 21.0 Å². The molecule has 0 unspecified atom stereocenters. The average Bonchev–Trinajstić information content (AvgIpc) is 2.95. The van der Waals surface area contributed by atoms with Gasteiger partial charge in [0, 0.05) is 11.6 Å². The lowest BCUT2D eigenvalue weighted by molar-refractivity contribution is 0.0694. The zero-order chi connectivity index (χ0) is 16.4. The van der Waals surface area contributed by atoms with Crippen molar-refractivity contribution in [3.8, 4) is 0 Å². The number of aromatic nitrogens is 2.